The second kappa shape index (κ2) is 10.1. The fraction of sp³-hybridized carbons (Fsp3) is 0.227. The van der Waals surface area contributed by atoms with Crippen molar-refractivity contribution in [3.8, 4) is 0 Å². The van der Waals surface area contributed by atoms with Crippen LogP contribution in [0.2, 0.25) is 0 Å². The number of sulfonamides is 1. The summed E-state index contributed by atoms with van der Waals surface area (Å²) in [4.78, 5) is 13.1. The number of rotatable bonds is 9. The number of carbonyl (C=O) groups excluding carboxylic acids is 1. The van der Waals surface area contributed by atoms with Gasteiger partial charge in [-0.1, -0.05) is 37.3 Å². The molecule has 0 bridgehead atoms. The Labute approximate surface area is 184 Å². The summed E-state index contributed by atoms with van der Waals surface area (Å²) in [5.41, 5.74) is 2.11. The average Bonchev–Trinajstić information content (AvgIpc) is 3.28. The Balaban J connectivity index is 1.63. The summed E-state index contributed by atoms with van der Waals surface area (Å²) in [6.45, 7) is 1.88. The van der Waals surface area contributed by atoms with E-state index in [4.69, 9.17) is 0 Å². The van der Waals surface area contributed by atoms with Gasteiger partial charge in [-0.25, -0.2) is 21.9 Å². The van der Waals surface area contributed by atoms with Crippen LogP contribution in [0.4, 0.5) is 8.78 Å². The largest absolute Gasteiger partial charge is 0.344 e. The van der Waals surface area contributed by atoms with Gasteiger partial charge in [0.05, 0.1) is 10.9 Å². The number of aryl methyl sites for hydroxylation is 1. The molecule has 0 spiro atoms. The van der Waals surface area contributed by atoms with Crippen LogP contribution in [0.15, 0.2) is 64.9 Å². The lowest BCUT2D eigenvalue weighted by Crippen LogP contribution is -2.33. The van der Waals surface area contributed by atoms with E-state index in [1.807, 2.05) is 41.8 Å². The summed E-state index contributed by atoms with van der Waals surface area (Å²) in [5.74, 6) is -2.73. The highest BCUT2D eigenvalue weighted by Crippen LogP contribution is 2.26. The summed E-state index contributed by atoms with van der Waals surface area (Å²) in [6.07, 6.45) is 0.798. The van der Waals surface area contributed by atoms with Crippen molar-refractivity contribution >= 4 is 27.3 Å². The van der Waals surface area contributed by atoms with E-state index in [2.05, 4.69) is 17.0 Å². The predicted octanol–water partition coefficient (Wildman–Crippen LogP) is 4.16. The number of amides is 1. The molecule has 9 heteroatoms. The first-order chi connectivity index (χ1) is 14.8. The second-order valence-electron chi connectivity index (χ2n) is 6.83. The Hall–Kier alpha value is -2.62. The van der Waals surface area contributed by atoms with Crippen molar-refractivity contribution < 1.29 is 22.0 Å². The highest BCUT2D eigenvalue weighted by atomic mass is 32.2. The third-order valence-corrected chi connectivity index (χ3v) is 7.10. The zero-order valence-electron chi connectivity index (χ0n) is 16.8. The number of halogens is 2. The molecule has 0 saturated carbocycles. The molecular formula is C22H22F2N2O3S2. The predicted molar refractivity (Wildman–Crippen MR) is 116 cm³/mol. The Kier molecular flexibility index (Phi) is 7.53. The number of hydrogen-bond acceptors (Lipinski definition) is 4. The van der Waals surface area contributed by atoms with Gasteiger partial charge in [0.1, 0.15) is 0 Å². The van der Waals surface area contributed by atoms with Gasteiger partial charge in [-0.2, -0.15) is 0 Å². The van der Waals surface area contributed by atoms with E-state index >= 15 is 0 Å². The van der Waals surface area contributed by atoms with Crippen LogP contribution in [0.5, 0.6) is 0 Å². The lowest BCUT2D eigenvalue weighted by atomic mass is 10.0. The highest BCUT2D eigenvalue weighted by Gasteiger charge is 2.20. The minimum absolute atomic E-state index is 0.113. The lowest BCUT2D eigenvalue weighted by Gasteiger charge is -2.18. The van der Waals surface area contributed by atoms with E-state index in [0.717, 1.165) is 29.0 Å². The molecule has 31 heavy (non-hydrogen) atoms. The Bertz CT molecular complexity index is 1130. The maximum atomic E-state index is 13.3. The highest BCUT2D eigenvalue weighted by molar-refractivity contribution is 7.89. The molecule has 1 heterocycles. The van der Waals surface area contributed by atoms with E-state index in [0.29, 0.717) is 6.07 Å². The molecule has 0 aliphatic carbocycles. The van der Waals surface area contributed by atoms with Crippen molar-refractivity contribution in [2.24, 2.45) is 0 Å². The standard InChI is InChI=1S/C22H22F2N2O3S2/c1-2-15-5-7-16(8-6-15)22(20-4-3-13-30-20)26-21(27)11-12-25-31(28,29)17-9-10-18(23)19(24)14-17/h3-10,13-14,22,25H,2,11-12H2,1H3,(H,26,27). The molecule has 164 valence electrons. The van der Waals surface area contributed by atoms with Crippen LogP contribution in [0, 0.1) is 11.6 Å². The summed E-state index contributed by atoms with van der Waals surface area (Å²) in [5, 5.41) is 4.86. The van der Waals surface area contributed by atoms with Gasteiger partial charge < -0.3 is 5.32 Å². The first-order valence-electron chi connectivity index (χ1n) is 9.66. The van der Waals surface area contributed by atoms with E-state index in [-0.39, 0.29) is 24.9 Å². The maximum absolute atomic E-state index is 13.3. The minimum atomic E-state index is -4.06. The quantitative estimate of drug-likeness (QED) is 0.499. The molecule has 0 radical (unpaired) electrons. The molecule has 0 aliphatic rings. The molecule has 5 nitrogen and oxygen atoms in total. The molecule has 3 aromatic rings. The Morgan fingerprint density at radius 1 is 1.06 bits per heavy atom. The number of nitrogens with one attached hydrogen (secondary N) is 2. The summed E-state index contributed by atoms with van der Waals surface area (Å²) in [7, 11) is -4.06. The molecule has 2 aromatic carbocycles. The molecular weight excluding hydrogens is 442 g/mol. The van der Waals surface area contributed by atoms with Gasteiger partial charge in [0, 0.05) is 17.8 Å². The van der Waals surface area contributed by atoms with Gasteiger partial charge in [0.25, 0.3) is 0 Å². The van der Waals surface area contributed by atoms with Crippen LogP contribution < -0.4 is 10.0 Å². The number of thiophene rings is 1. The van der Waals surface area contributed by atoms with Gasteiger partial charge in [-0.3, -0.25) is 4.79 Å². The first-order valence-corrected chi connectivity index (χ1v) is 12.0. The number of carbonyl (C=O) groups is 1. The number of benzene rings is 2. The van der Waals surface area contributed by atoms with Crippen LogP contribution >= 0.6 is 11.3 Å². The molecule has 1 amide bonds. The van der Waals surface area contributed by atoms with Crippen LogP contribution in [0.1, 0.15) is 35.4 Å². The fourth-order valence-electron chi connectivity index (χ4n) is 2.98. The molecule has 1 aromatic heterocycles. The zero-order chi connectivity index (χ0) is 22.4. The molecule has 0 saturated heterocycles. The van der Waals surface area contributed by atoms with Crippen molar-refractivity contribution in [3.05, 3.63) is 87.6 Å². The SMILES string of the molecule is CCc1ccc(C(NC(=O)CCNS(=O)(=O)c2ccc(F)c(F)c2)c2cccs2)cc1. The lowest BCUT2D eigenvalue weighted by molar-refractivity contribution is -0.121. The first kappa shape index (κ1) is 23.1. The topological polar surface area (TPSA) is 75.3 Å². The molecule has 3 rings (SSSR count). The monoisotopic (exact) mass is 464 g/mol. The third kappa shape index (κ3) is 5.96. The van der Waals surface area contributed by atoms with Gasteiger partial charge >= 0.3 is 0 Å². The Morgan fingerprint density at radius 3 is 2.42 bits per heavy atom. The van der Waals surface area contributed by atoms with Crippen LogP contribution in [0.3, 0.4) is 0 Å². The van der Waals surface area contributed by atoms with E-state index < -0.39 is 26.6 Å². The third-order valence-electron chi connectivity index (χ3n) is 4.70. The average molecular weight is 465 g/mol. The summed E-state index contributed by atoms with van der Waals surface area (Å²) < 4.78 is 53.1. The minimum Gasteiger partial charge on any atom is -0.344 e. The maximum Gasteiger partial charge on any atom is 0.240 e. The van der Waals surface area contributed by atoms with Crippen LogP contribution in [0.25, 0.3) is 0 Å². The number of hydrogen-bond donors (Lipinski definition) is 2. The van der Waals surface area contributed by atoms with E-state index in [9.17, 15) is 22.0 Å². The molecule has 1 unspecified atom stereocenters. The molecule has 0 aliphatic heterocycles. The summed E-state index contributed by atoms with van der Waals surface area (Å²) >= 11 is 1.51. The molecule has 0 fully saturated rings. The molecule has 1 atom stereocenters. The van der Waals surface area contributed by atoms with Gasteiger partial charge in [-0.05, 0) is 47.2 Å². The van der Waals surface area contributed by atoms with E-state index in [1.165, 1.54) is 16.9 Å². The molecule has 2 N–H and O–H groups in total. The van der Waals surface area contributed by atoms with Crippen molar-refractivity contribution in [1.29, 1.82) is 0 Å². The smallest absolute Gasteiger partial charge is 0.240 e. The van der Waals surface area contributed by atoms with Gasteiger partial charge in [0.2, 0.25) is 15.9 Å². The van der Waals surface area contributed by atoms with Crippen molar-refractivity contribution in [3.63, 3.8) is 0 Å². The second-order valence-corrected chi connectivity index (χ2v) is 9.58. The zero-order valence-corrected chi connectivity index (χ0v) is 18.4. The fourth-order valence-corrected chi connectivity index (χ4v) is 4.83. The van der Waals surface area contributed by atoms with Crippen LogP contribution in [-0.4, -0.2) is 20.9 Å². The summed E-state index contributed by atoms with van der Waals surface area (Å²) in [6, 6.07) is 13.7. The Morgan fingerprint density at radius 2 is 1.81 bits per heavy atom. The van der Waals surface area contributed by atoms with Crippen molar-refractivity contribution in [2.45, 2.75) is 30.7 Å². The van der Waals surface area contributed by atoms with Crippen molar-refractivity contribution in [2.75, 3.05) is 6.54 Å². The van der Waals surface area contributed by atoms with Crippen molar-refractivity contribution in [1.82, 2.24) is 10.0 Å². The van der Waals surface area contributed by atoms with Crippen LogP contribution in [-0.2, 0) is 21.2 Å². The van der Waals surface area contributed by atoms with E-state index in [1.54, 1.807) is 0 Å². The normalized spacial score (nSPS) is 12.5. The van der Waals surface area contributed by atoms with Gasteiger partial charge in [0.15, 0.2) is 11.6 Å². The van der Waals surface area contributed by atoms with Gasteiger partial charge in [-0.15, -0.1) is 11.3 Å².